The van der Waals surface area contributed by atoms with Gasteiger partial charge in [0.1, 0.15) is 0 Å². The summed E-state index contributed by atoms with van der Waals surface area (Å²) in [7, 11) is 2.04. The molecule has 2 fully saturated rings. The monoisotopic (exact) mass is 154 g/mol. The molecule has 0 spiro atoms. The van der Waals surface area contributed by atoms with Crippen molar-refractivity contribution in [1.29, 1.82) is 0 Å². The summed E-state index contributed by atoms with van der Waals surface area (Å²) in [5.41, 5.74) is 0. The first-order valence-corrected chi connectivity index (χ1v) is 4.24. The summed E-state index contributed by atoms with van der Waals surface area (Å²) in [5, 5.41) is 3.01. The van der Waals surface area contributed by atoms with Gasteiger partial charge in [-0.15, -0.1) is 0 Å². The fourth-order valence-electron chi connectivity index (χ4n) is 1.41. The van der Waals surface area contributed by atoms with Crippen molar-refractivity contribution in [3.63, 3.8) is 0 Å². The first-order chi connectivity index (χ1) is 5.25. The van der Waals surface area contributed by atoms with Crippen molar-refractivity contribution in [3.05, 3.63) is 0 Å². The number of hydrogen-bond acceptors (Lipinski definition) is 2. The largest absolute Gasteiger partial charge is 0.353 e. The summed E-state index contributed by atoms with van der Waals surface area (Å²) in [4.78, 5) is 13.4. The minimum absolute atomic E-state index is 0.269. The van der Waals surface area contributed by atoms with Crippen LogP contribution in [0.1, 0.15) is 12.8 Å². The Morgan fingerprint density at radius 2 is 2.09 bits per heavy atom. The molecule has 0 bridgehead atoms. The first kappa shape index (κ1) is 7.10. The van der Waals surface area contributed by atoms with Crippen LogP contribution in [0.2, 0.25) is 0 Å². The maximum Gasteiger partial charge on any atom is 0.225 e. The second-order valence-corrected chi connectivity index (χ2v) is 3.70. The predicted octanol–water partition coefficient (Wildman–Crippen LogP) is -0.173. The molecule has 1 saturated heterocycles. The molecule has 0 aromatic rings. The van der Waals surface area contributed by atoms with Gasteiger partial charge in [-0.05, 0) is 19.9 Å². The van der Waals surface area contributed by atoms with E-state index in [-0.39, 0.29) is 11.8 Å². The average Bonchev–Trinajstić information content (AvgIpc) is 2.64. The summed E-state index contributed by atoms with van der Waals surface area (Å²) < 4.78 is 0. The first-order valence-electron chi connectivity index (χ1n) is 4.24. The molecule has 2 rings (SSSR count). The quantitative estimate of drug-likeness (QED) is 0.598. The number of rotatable bonds is 2. The molecule has 0 aromatic carbocycles. The summed E-state index contributed by atoms with van der Waals surface area (Å²) in [6.45, 7) is 1.89. The van der Waals surface area contributed by atoms with Crippen LogP contribution in [0.3, 0.4) is 0 Å². The number of nitrogens with zero attached hydrogens (tertiary/aromatic N) is 1. The maximum absolute atomic E-state index is 11.3. The molecule has 1 saturated carbocycles. The van der Waals surface area contributed by atoms with Gasteiger partial charge in [0.2, 0.25) is 5.91 Å². The summed E-state index contributed by atoms with van der Waals surface area (Å²) in [6, 6.07) is 0.522. The third-order valence-electron chi connectivity index (χ3n) is 2.36. The molecule has 1 aliphatic carbocycles. The van der Waals surface area contributed by atoms with Crippen molar-refractivity contribution >= 4 is 5.91 Å². The Balaban J connectivity index is 1.72. The van der Waals surface area contributed by atoms with E-state index >= 15 is 0 Å². The Morgan fingerprint density at radius 1 is 1.45 bits per heavy atom. The Kier molecular flexibility index (Phi) is 1.60. The molecule has 0 aromatic heterocycles. The van der Waals surface area contributed by atoms with Crippen molar-refractivity contribution < 1.29 is 4.79 Å². The van der Waals surface area contributed by atoms with Crippen LogP contribution in [0.25, 0.3) is 0 Å². The van der Waals surface area contributed by atoms with Gasteiger partial charge < -0.3 is 10.2 Å². The molecule has 1 N–H and O–H groups in total. The Hall–Kier alpha value is -0.570. The number of carbonyl (C=O) groups is 1. The van der Waals surface area contributed by atoms with Crippen molar-refractivity contribution in [1.82, 2.24) is 10.2 Å². The molecule has 3 nitrogen and oxygen atoms in total. The highest BCUT2D eigenvalue weighted by Gasteiger charge is 2.33. The minimum Gasteiger partial charge on any atom is -0.353 e. The van der Waals surface area contributed by atoms with Crippen LogP contribution < -0.4 is 5.32 Å². The molecule has 0 atom stereocenters. The third kappa shape index (κ3) is 1.53. The van der Waals surface area contributed by atoms with Gasteiger partial charge in [0.15, 0.2) is 0 Å². The van der Waals surface area contributed by atoms with Gasteiger partial charge in [-0.3, -0.25) is 4.79 Å². The summed E-state index contributed by atoms with van der Waals surface area (Å²) in [5.74, 6) is 0.547. The third-order valence-corrected chi connectivity index (χ3v) is 2.36. The lowest BCUT2D eigenvalue weighted by molar-refractivity contribution is -0.129. The zero-order valence-corrected chi connectivity index (χ0v) is 6.84. The van der Waals surface area contributed by atoms with E-state index in [1.807, 2.05) is 7.05 Å². The van der Waals surface area contributed by atoms with Crippen molar-refractivity contribution in [3.8, 4) is 0 Å². The normalized spacial score (nSPS) is 26.3. The number of amides is 1. The smallest absolute Gasteiger partial charge is 0.225 e. The lowest BCUT2D eigenvalue weighted by Gasteiger charge is -2.34. The molecule has 11 heavy (non-hydrogen) atoms. The Labute approximate surface area is 66.8 Å². The molecule has 0 unspecified atom stereocenters. The second-order valence-electron chi connectivity index (χ2n) is 3.70. The molecule has 62 valence electrons. The van der Waals surface area contributed by atoms with Gasteiger partial charge in [-0.25, -0.2) is 0 Å². The van der Waals surface area contributed by atoms with Gasteiger partial charge in [-0.2, -0.15) is 0 Å². The zero-order valence-electron chi connectivity index (χ0n) is 6.84. The van der Waals surface area contributed by atoms with Crippen LogP contribution >= 0.6 is 0 Å². The van der Waals surface area contributed by atoms with Gasteiger partial charge in [0, 0.05) is 19.1 Å². The van der Waals surface area contributed by atoms with Crippen LogP contribution in [-0.2, 0) is 4.79 Å². The van der Waals surface area contributed by atoms with E-state index in [9.17, 15) is 4.79 Å². The lowest BCUT2D eigenvalue weighted by atomic mass is 10.0. The number of hydrogen-bond donors (Lipinski definition) is 1. The molecule has 3 heteroatoms. The number of carbonyl (C=O) groups excluding carboxylic acids is 1. The second kappa shape index (κ2) is 2.48. The molecule has 0 radical (unpaired) electrons. The summed E-state index contributed by atoms with van der Waals surface area (Å²) in [6.07, 6.45) is 2.38. The van der Waals surface area contributed by atoms with Crippen molar-refractivity contribution in [2.75, 3.05) is 20.1 Å². The molecule has 1 aliphatic heterocycles. The van der Waals surface area contributed by atoms with Gasteiger partial charge in [0.05, 0.1) is 5.92 Å². The van der Waals surface area contributed by atoms with Crippen LogP contribution in [0.15, 0.2) is 0 Å². The molecule has 1 heterocycles. The molecular weight excluding hydrogens is 140 g/mol. The fraction of sp³-hybridized carbons (Fsp3) is 0.875. The number of nitrogens with one attached hydrogen (secondary N) is 1. The van der Waals surface area contributed by atoms with E-state index in [1.54, 1.807) is 0 Å². The van der Waals surface area contributed by atoms with Crippen LogP contribution in [0.4, 0.5) is 0 Å². The van der Waals surface area contributed by atoms with E-state index in [0.29, 0.717) is 6.04 Å². The number of likely N-dealkylation sites (tertiary alicyclic amines) is 1. The summed E-state index contributed by atoms with van der Waals surface area (Å²) >= 11 is 0. The highest BCUT2D eigenvalue weighted by atomic mass is 16.2. The van der Waals surface area contributed by atoms with Crippen LogP contribution in [0, 0.1) is 5.92 Å². The van der Waals surface area contributed by atoms with E-state index < -0.39 is 0 Å². The Bertz CT molecular complexity index is 171. The zero-order chi connectivity index (χ0) is 7.84. The van der Waals surface area contributed by atoms with Gasteiger partial charge >= 0.3 is 0 Å². The SMILES string of the molecule is CN1CC(C(=O)NC2CC2)C1. The molecule has 1 amide bonds. The molecular formula is C8H14N2O. The van der Waals surface area contributed by atoms with Gasteiger partial charge in [-0.1, -0.05) is 0 Å². The topological polar surface area (TPSA) is 32.3 Å². The lowest BCUT2D eigenvalue weighted by Crippen LogP contribution is -2.51. The highest BCUT2D eigenvalue weighted by Crippen LogP contribution is 2.21. The predicted molar refractivity (Wildman–Crippen MR) is 42.2 cm³/mol. The van der Waals surface area contributed by atoms with Crippen LogP contribution in [-0.4, -0.2) is 37.0 Å². The van der Waals surface area contributed by atoms with E-state index in [2.05, 4.69) is 10.2 Å². The maximum atomic E-state index is 11.3. The van der Waals surface area contributed by atoms with Gasteiger partial charge in [0.25, 0.3) is 0 Å². The van der Waals surface area contributed by atoms with Crippen molar-refractivity contribution in [2.45, 2.75) is 18.9 Å². The van der Waals surface area contributed by atoms with Crippen LogP contribution in [0.5, 0.6) is 0 Å². The van der Waals surface area contributed by atoms with E-state index in [0.717, 1.165) is 13.1 Å². The minimum atomic E-state index is 0.269. The fourth-order valence-corrected chi connectivity index (χ4v) is 1.41. The standard InChI is InChI=1S/C8H14N2O/c1-10-4-6(5-10)8(11)9-7-2-3-7/h6-7H,2-5H2,1H3,(H,9,11). The van der Waals surface area contributed by atoms with E-state index in [4.69, 9.17) is 0 Å². The highest BCUT2D eigenvalue weighted by molar-refractivity contribution is 5.80. The van der Waals surface area contributed by atoms with Crippen molar-refractivity contribution in [2.24, 2.45) is 5.92 Å². The Morgan fingerprint density at radius 3 is 2.55 bits per heavy atom. The molecule has 2 aliphatic rings. The van der Waals surface area contributed by atoms with E-state index in [1.165, 1.54) is 12.8 Å². The average molecular weight is 154 g/mol.